The molecule has 0 bridgehead atoms. The van der Waals surface area contributed by atoms with Gasteiger partial charge >= 0.3 is 0 Å². The highest BCUT2D eigenvalue weighted by Crippen LogP contribution is 2.23. The van der Waals surface area contributed by atoms with Crippen LogP contribution in [0.3, 0.4) is 0 Å². The van der Waals surface area contributed by atoms with Crippen LogP contribution < -0.4 is 0 Å². The van der Waals surface area contributed by atoms with Crippen molar-refractivity contribution >= 4 is 0 Å². The van der Waals surface area contributed by atoms with Gasteiger partial charge in [-0.25, -0.2) is 0 Å². The first-order valence-electron chi connectivity index (χ1n) is 5.50. The topological polar surface area (TPSA) is 18.5 Å². The van der Waals surface area contributed by atoms with E-state index in [1.165, 1.54) is 0 Å². The summed E-state index contributed by atoms with van der Waals surface area (Å²) in [6.45, 7) is 10.5. The molecule has 0 aromatic heterocycles. The molecule has 1 aliphatic heterocycles. The third-order valence-electron chi connectivity index (χ3n) is 2.15. The molecule has 0 fully saturated rings. The van der Waals surface area contributed by atoms with Crippen LogP contribution in [0.25, 0.3) is 0 Å². The summed E-state index contributed by atoms with van der Waals surface area (Å²) in [5.74, 6) is 1.66. The SMILES string of the molecule is C=C(C)/C=C(/OCC)C1=CCCC(C)O1. The molecular weight excluding hydrogens is 188 g/mol. The molecule has 84 valence electrons. The Labute approximate surface area is 92.3 Å². The Morgan fingerprint density at radius 3 is 3.00 bits per heavy atom. The molecule has 2 nitrogen and oxygen atoms in total. The third kappa shape index (κ3) is 3.82. The second-order valence-corrected chi connectivity index (χ2v) is 3.86. The van der Waals surface area contributed by atoms with E-state index >= 15 is 0 Å². The molecule has 1 rings (SSSR count). The molecule has 1 aliphatic rings. The second-order valence-electron chi connectivity index (χ2n) is 3.86. The molecule has 1 unspecified atom stereocenters. The lowest BCUT2D eigenvalue weighted by Gasteiger charge is -2.23. The normalized spacial score (nSPS) is 21.7. The molecule has 0 radical (unpaired) electrons. The number of ether oxygens (including phenoxy) is 2. The molecule has 0 aromatic carbocycles. The van der Waals surface area contributed by atoms with E-state index in [2.05, 4.69) is 19.6 Å². The molecule has 0 saturated heterocycles. The number of hydrogen-bond acceptors (Lipinski definition) is 2. The monoisotopic (exact) mass is 208 g/mol. The zero-order valence-corrected chi connectivity index (χ0v) is 9.88. The maximum Gasteiger partial charge on any atom is 0.161 e. The first-order valence-corrected chi connectivity index (χ1v) is 5.50. The Morgan fingerprint density at radius 2 is 2.47 bits per heavy atom. The van der Waals surface area contributed by atoms with Gasteiger partial charge in [0.25, 0.3) is 0 Å². The van der Waals surface area contributed by atoms with Gasteiger partial charge in [-0.1, -0.05) is 12.2 Å². The molecule has 1 heterocycles. The Bertz CT molecular complexity index is 287. The van der Waals surface area contributed by atoms with Gasteiger partial charge < -0.3 is 9.47 Å². The molecule has 0 N–H and O–H groups in total. The zero-order valence-electron chi connectivity index (χ0n) is 9.88. The van der Waals surface area contributed by atoms with Crippen molar-refractivity contribution < 1.29 is 9.47 Å². The third-order valence-corrected chi connectivity index (χ3v) is 2.15. The summed E-state index contributed by atoms with van der Waals surface area (Å²) >= 11 is 0. The van der Waals surface area contributed by atoms with E-state index in [-0.39, 0.29) is 6.10 Å². The van der Waals surface area contributed by atoms with Crippen molar-refractivity contribution in [2.75, 3.05) is 6.61 Å². The highest BCUT2D eigenvalue weighted by Gasteiger charge is 2.15. The van der Waals surface area contributed by atoms with E-state index in [1.807, 2.05) is 19.9 Å². The summed E-state index contributed by atoms with van der Waals surface area (Å²) in [5, 5.41) is 0. The van der Waals surface area contributed by atoms with Gasteiger partial charge in [-0.15, -0.1) is 0 Å². The predicted molar refractivity (Wildman–Crippen MR) is 62.4 cm³/mol. The summed E-state index contributed by atoms with van der Waals surface area (Å²) in [6, 6.07) is 0. The largest absolute Gasteiger partial charge is 0.490 e. The van der Waals surface area contributed by atoms with Gasteiger partial charge in [-0.2, -0.15) is 0 Å². The Hall–Kier alpha value is -1.18. The lowest BCUT2D eigenvalue weighted by atomic mass is 10.1. The molecular formula is C13H20O2. The van der Waals surface area contributed by atoms with Gasteiger partial charge in [0.2, 0.25) is 0 Å². The van der Waals surface area contributed by atoms with Crippen LogP contribution in [0.4, 0.5) is 0 Å². The van der Waals surface area contributed by atoms with Crippen LogP contribution in [-0.2, 0) is 9.47 Å². The fraction of sp³-hybridized carbons (Fsp3) is 0.538. The standard InChI is InChI=1S/C13H20O2/c1-5-14-13(9-10(2)3)12-8-6-7-11(4)15-12/h8-9,11H,2,5-7H2,1,3-4H3/b13-9+. The molecule has 1 atom stereocenters. The minimum absolute atomic E-state index is 0.277. The van der Waals surface area contributed by atoms with Crippen molar-refractivity contribution in [2.24, 2.45) is 0 Å². The van der Waals surface area contributed by atoms with Gasteiger partial charge in [0.1, 0.15) is 0 Å². The predicted octanol–water partition coefficient (Wildman–Crippen LogP) is 3.57. The van der Waals surface area contributed by atoms with Crippen LogP contribution in [0.15, 0.2) is 35.8 Å². The first-order chi connectivity index (χ1) is 7.13. The van der Waals surface area contributed by atoms with E-state index in [0.717, 1.165) is 29.9 Å². The van der Waals surface area contributed by atoms with E-state index in [9.17, 15) is 0 Å². The Kier molecular flexibility index (Phi) is 4.47. The smallest absolute Gasteiger partial charge is 0.161 e. The molecule has 2 heteroatoms. The van der Waals surface area contributed by atoms with Crippen molar-refractivity contribution in [1.82, 2.24) is 0 Å². The summed E-state index contributed by atoms with van der Waals surface area (Å²) in [5.41, 5.74) is 0.973. The first kappa shape index (κ1) is 11.9. The van der Waals surface area contributed by atoms with E-state index < -0.39 is 0 Å². The van der Waals surface area contributed by atoms with Gasteiger partial charge in [-0.3, -0.25) is 0 Å². The van der Waals surface area contributed by atoms with Crippen molar-refractivity contribution in [3.05, 3.63) is 35.8 Å². The molecule has 0 aromatic rings. The summed E-state index contributed by atoms with van der Waals surface area (Å²) in [4.78, 5) is 0. The van der Waals surface area contributed by atoms with Crippen molar-refractivity contribution in [2.45, 2.75) is 39.7 Å². The minimum atomic E-state index is 0.277. The lowest BCUT2D eigenvalue weighted by Crippen LogP contribution is -2.14. The second kappa shape index (κ2) is 5.64. The maximum atomic E-state index is 5.73. The van der Waals surface area contributed by atoms with Crippen LogP contribution in [-0.4, -0.2) is 12.7 Å². The average molecular weight is 208 g/mol. The quantitative estimate of drug-likeness (QED) is 0.519. The van der Waals surface area contributed by atoms with Gasteiger partial charge in [-0.05, 0) is 45.8 Å². The van der Waals surface area contributed by atoms with E-state index in [1.54, 1.807) is 0 Å². The van der Waals surface area contributed by atoms with Crippen molar-refractivity contribution in [1.29, 1.82) is 0 Å². The van der Waals surface area contributed by atoms with Gasteiger partial charge in [0, 0.05) is 0 Å². The number of allylic oxidation sites excluding steroid dienone is 3. The van der Waals surface area contributed by atoms with Crippen LogP contribution >= 0.6 is 0 Å². The lowest BCUT2D eigenvalue weighted by molar-refractivity contribution is 0.0892. The molecule has 0 amide bonds. The molecule has 15 heavy (non-hydrogen) atoms. The number of rotatable bonds is 4. The van der Waals surface area contributed by atoms with Gasteiger partial charge in [0.05, 0.1) is 12.7 Å². The number of hydrogen-bond donors (Lipinski definition) is 0. The van der Waals surface area contributed by atoms with Crippen LogP contribution in [0.1, 0.15) is 33.6 Å². The maximum absolute atomic E-state index is 5.73. The summed E-state index contributed by atoms with van der Waals surface area (Å²) in [6.07, 6.45) is 6.42. The summed E-state index contributed by atoms with van der Waals surface area (Å²) < 4.78 is 11.3. The summed E-state index contributed by atoms with van der Waals surface area (Å²) in [7, 11) is 0. The fourth-order valence-electron chi connectivity index (χ4n) is 1.49. The van der Waals surface area contributed by atoms with Crippen LogP contribution in [0, 0.1) is 0 Å². The minimum Gasteiger partial charge on any atom is -0.490 e. The van der Waals surface area contributed by atoms with Crippen molar-refractivity contribution in [3.8, 4) is 0 Å². The molecule has 0 aliphatic carbocycles. The molecule has 0 saturated carbocycles. The Morgan fingerprint density at radius 1 is 1.73 bits per heavy atom. The van der Waals surface area contributed by atoms with Crippen molar-refractivity contribution in [3.63, 3.8) is 0 Å². The van der Waals surface area contributed by atoms with Crippen LogP contribution in [0.5, 0.6) is 0 Å². The van der Waals surface area contributed by atoms with E-state index in [4.69, 9.17) is 9.47 Å². The zero-order chi connectivity index (χ0) is 11.3. The van der Waals surface area contributed by atoms with Crippen LogP contribution in [0.2, 0.25) is 0 Å². The molecule has 0 spiro atoms. The van der Waals surface area contributed by atoms with E-state index in [0.29, 0.717) is 6.61 Å². The Balaban J connectivity index is 2.79. The highest BCUT2D eigenvalue weighted by atomic mass is 16.5. The van der Waals surface area contributed by atoms with Gasteiger partial charge in [0.15, 0.2) is 11.5 Å². The fourth-order valence-corrected chi connectivity index (χ4v) is 1.49. The highest BCUT2D eigenvalue weighted by molar-refractivity contribution is 5.28. The average Bonchev–Trinajstić information content (AvgIpc) is 2.16.